The summed E-state index contributed by atoms with van der Waals surface area (Å²) < 4.78 is 18.8. The summed E-state index contributed by atoms with van der Waals surface area (Å²) in [5.41, 5.74) is 0.669. The zero-order chi connectivity index (χ0) is 28.9. The second-order valence-corrected chi connectivity index (χ2v) is 9.07. The number of benzene rings is 2. The standard InChI is InChI=1S/C28H32ClFN6O4/c1-3-36(4-2)15-5-13-32-28(39)35-25-17-22(12-14-31-25)40-21-10-11-24(23(29)16-21)34-27(38)18-26(37)33-20-8-6-19(30)7-9-20/h6-12,14,16-17H,3-5,13,15,18H2,1-2H3,(H,33,37)(H,34,38)(H2,31,32,35,39). The highest BCUT2D eigenvalue weighted by Crippen LogP contribution is 2.30. The Bertz CT molecular complexity index is 1300. The van der Waals surface area contributed by atoms with Gasteiger partial charge < -0.3 is 25.6 Å². The third-order valence-electron chi connectivity index (χ3n) is 5.70. The number of aromatic nitrogens is 1. The Kier molecular flexibility index (Phi) is 11.7. The lowest BCUT2D eigenvalue weighted by molar-refractivity contribution is -0.123. The van der Waals surface area contributed by atoms with Crippen LogP contribution in [0.3, 0.4) is 0 Å². The first-order chi connectivity index (χ1) is 19.2. The van der Waals surface area contributed by atoms with Gasteiger partial charge in [0.05, 0.1) is 10.7 Å². The summed E-state index contributed by atoms with van der Waals surface area (Å²) in [5, 5.41) is 10.8. The van der Waals surface area contributed by atoms with Crippen LogP contribution in [0, 0.1) is 5.82 Å². The molecule has 4 N–H and O–H groups in total. The summed E-state index contributed by atoms with van der Waals surface area (Å²) in [6, 6.07) is 12.7. The van der Waals surface area contributed by atoms with E-state index in [1.54, 1.807) is 24.3 Å². The van der Waals surface area contributed by atoms with E-state index < -0.39 is 24.1 Å². The molecule has 0 unspecified atom stereocenters. The van der Waals surface area contributed by atoms with Gasteiger partial charge in [0.15, 0.2) is 0 Å². The van der Waals surface area contributed by atoms with E-state index in [2.05, 4.69) is 45.0 Å². The molecule has 3 aromatic rings. The maximum absolute atomic E-state index is 13.0. The SMILES string of the molecule is CCN(CC)CCCNC(=O)Nc1cc(Oc2ccc(NC(=O)CC(=O)Nc3ccc(F)cc3)c(Cl)c2)ccn1. The first-order valence-electron chi connectivity index (χ1n) is 12.8. The summed E-state index contributed by atoms with van der Waals surface area (Å²) in [5.74, 6) is -0.458. The first-order valence-corrected chi connectivity index (χ1v) is 13.2. The molecular weight excluding hydrogens is 539 g/mol. The lowest BCUT2D eigenvalue weighted by Gasteiger charge is -2.17. The van der Waals surface area contributed by atoms with Gasteiger partial charge in [-0.25, -0.2) is 14.2 Å². The second-order valence-electron chi connectivity index (χ2n) is 8.66. The molecule has 0 aliphatic rings. The molecule has 0 bridgehead atoms. The molecular formula is C28H32ClFN6O4. The highest BCUT2D eigenvalue weighted by atomic mass is 35.5. The smallest absolute Gasteiger partial charge is 0.320 e. The van der Waals surface area contributed by atoms with Crippen LogP contribution in [0.2, 0.25) is 5.02 Å². The van der Waals surface area contributed by atoms with Crippen LogP contribution in [0.15, 0.2) is 60.8 Å². The fourth-order valence-electron chi connectivity index (χ4n) is 3.62. The van der Waals surface area contributed by atoms with E-state index in [1.807, 2.05) is 0 Å². The van der Waals surface area contributed by atoms with Crippen molar-refractivity contribution in [1.29, 1.82) is 0 Å². The quantitative estimate of drug-likeness (QED) is 0.159. The number of amides is 4. The summed E-state index contributed by atoms with van der Waals surface area (Å²) in [4.78, 5) is 43.0. The molecule has 1 aromatic heterocycles. The number of carbonyl (C=O) groups is 3. The van der Waals surface area contributed by atoms with Gasteiger partial charge in [0, 0.05) is 30.6 Å². The van der Waals surface area contributed by atoms with Gasteiger partial charge in [-0.2, -0.15) is 0 Å². The van der Waals surface area contributed by atoms with E-state index >= 15 is 0 Å². The largest absolute Gasteiger partial charge is 0.457 e. The van der Waals surface area contributed by atoms with Gasteiger partial charge in [0.2, 0.25) is 11.8 Å². The molecule has 1 heterocycles. The minimum Gasteiger partial charge on any atom is -0.457 e. The van der Waals surface area contributed by atoms with E-state index in [1.165, 1.54) is 36.5 Å². The molecule has 0 saturated heterocycles. The van der Waals surface area contributed by atoms with E-state index in [9.17, 15) is 18.8 Å². The fraction of sp³-hybridized carbons (Fsp3) is 0.286. The molecule has 12 heteroatoms. The van der Waals surface area contributed by atoms with Crippen molar-refractivity contribution in [2.24, 2.45) is 0 Å². The lowest BCUT2D eigenvalue weighted by atomic mass is 10.2. The number of carbonyl (C=O) groups excluding carboxylic acids is 3. The number of anilines is 3. The highest BCUT2D eigenvalue weighted by molar-refractivity contribution is 6.34. The maximum atomic E-state index is 13.0. The molecule has 0 saturated carbocycles. The monoisotopic (exact) mass is 570 g/mol. The van der Waals surface area contributed by atoms with Crippen LogP contribution >= 0.6 is 11.6 Å². The van der Waals surface area contributed by atoms with E-state index in [0.29, 0.717) is 35.2 Å². The Balaban J connectivity index is 1.48. The molecule has 3 rings (SSSR count). The average Bonchev–Trinajstić information content (AvgIpc) is 2.92. The molecule has 10 nitrogen and oxygen atoms in total. The van der Waals surface area contributed by atoms with Gasteiger partial charge in [0.25, 0.3) is 0 Å². The maximum Gasteiger partial charge on any atom is 0.320 e. The van der Waals surface area contributed by atoms with Crippen molar-refractivity contribution in [2.45, 2.75) is 26.7 Å². The Morgan fingerprint density at radius 3 is 2.33 bits per heavy atom. The van der Waals surface area contributed by atoms with Crippen LogP contribution in [0.5, 0.6) is 11.5 Å². The van der Waals surface area contributed by atoms with Crippen molar-refractivity contribution in [3.63, 3.8) is 0 Å². The minimum atomic E-state index is -0.577. The Morgan fingerprint density at radius 2 is 1.62 bits per heavy atom. The van der Waals surface area contributed by atoms with Gasteiger partial charge in [-0.05, 0) is 68.5 Å². The normalized spacial score (nSPS) is 10.6. The number of hydrogen-bond donors (Lipinski definition) is 4. The van der Waals surface area contributed by atoms with E-state index in [0.717, 1.165) is 26.1 Å². The molecule has 0 aliphatic heterocycles. The molecule has 0 fully saturated rings. The first kappa shape index (κ1) is 30.3. The Hall–Kier alpha value is -4.22. The number of nitrogens with one attached hydrogen (secondary N) is 4. The van der Waals surface area contributed by atoms with Gasteiger partial charge in [-0.3, -0.25) is 14.9 Å². The summed E-state index contributed by atoms with van der Waals surface area (Å²) in [6.07, 6.45) is 1.88. The van der Waals surface area contributed by atoms with Gasteiger partial charge in [-0.1, -0.05) is 25.4 Å². The highest BCUT2D eigenvalue weighted by Gasteiger charge is 2.13. The summed E-state index contributed by atoms with van der Waals surface area (Å²) in [7, 11) is 0. The van der Waals surface area contributed by atoms with Crippen LogP contribution in [0.4, 0.5) is 26.4 Å². The van der Waals surface area contributed by atoms with Crippen molar-refractivity contribution in [2.75, 3.05) is 42.1 Å². The number of pyridine rings is 1. The topological polar surface area (TPSA) is 125 Å². The van der Waals surface area contributed by atoms with E-state index in [4.69, 9.17) is 16.3 Å². The number of urea groups is 1. The van der Waals surface area contributed by atoms with Crippen LogP contribution in [-0.4, -0.2) is 53.9 Å². The predicted molar refractivity (Wildman–Crippen MR) is 153 cm³/mol. The molecule has 0 radical (unpaired) electrons. The summed E-state index contributed by atoms with van der Waals surface area (Å²) >= 11 is 6.31. The Morgan fingerprint density at radius 1 is 0.925 bits per heavy atom. The third kappa shape index (κ3) is 10.2. The molecule has 0 atom stereocenters. The Labute approximate surface area is 237 Å². The molecule has 212 valence electrons. The fourth-order valence-corrected chi connectivity index (χ4v) is 3.84. The predicted octanol–water partition coefficient (Wildman–Crippen LogP) is 5.49. The number of rotatable bonds is 13. The molecule has 40 heavy (non-hydrogen) atoms. The average molecular weight is 571 g/mol. The van der Waals surface area contributed by atoms with Crippen LogP contribution in [0.1, 0.15) is 26.7 Å². The number of hydrogen-bond acceptors (Lipinski definition) is 6. The van der Waals surface area contributed by atoms with E-state index in [-0.39, 0.29) is 11.1 Å². The lowest BCUT2D eigenvalue weighted by Crippen LogP contribution is -2.32. The zero-order valence-corrected chi connectivity index (χ0v) is 23.1. The number of halogens is 2. The zero-order valence-electron chi connectivity index (χ0n) is 22.3. The van der Waals surface area contributed by atoms with Gasteiger partial charge in [0.1, 0.15) is 29.6 Å². The molecule has 0 spiro atoms. The summed E-state index contributed by atoms with van der Waals surface area (Å²) in [6.45, 7) is 7.60. The number of ether oxygens (including phenoxy) is 1. The van der Waals surface area contributed by atoms with Crippen molar-refractivity contribution in [3.8, 4) is 11.5 Å². The van der Waals surface area contributed by atoms with Crippen molar-refractivity contribution in [3.05, 3.63) is 71.6 Å². The number of nitrogens with zero attached hydrogens (tertiary/aromatic N) is 2. The third-order valence-corrected chi connectivity index (χ3v) is 6.02. The van der Waals surface area contributed by atoms with Gasteiger partial charge in [-0.15, -0.1) is 0 Å². The van der Waals surface area contributed by atoms with Crippen molar-refractivity contribution in [1.82, 2.24) is 15.2 Å². The molecule has 2 aromatic carbocycles. The van der Waals surface area contributed by atoms with Crippen LogP contribution in [-0.2, 0) is 9.59 Å². The molecule has 4 amide bonds. The minimum absolute atomic E-state index is 0.196. The molecule has 0 aliphatic carbocycles. The van der Waals surface area contributed by atoms with Gasteiger partial charge >= 0.3 is 6.03 Å². The van der Waals surface area contributed by atoms with Crippen LogP contribution < -0.4 is 26.0 Å². The van der Waals surface area contributed by atoms with Crippen LogP contribution in [0.25, 0.3) is 0 Å². The van der Waals surface area contributed by atoms with Crippen molar-refractivity contribution >= 4 is 46.6 Å². The van der Waals surface area contributed by atoms with Crippen molar-refractivity contribution < 1.29 is 23.5 Å². The second kappa shape index (κ2) is 15.4.